The molecule has 6 heteroatoms. The summed E-state index contributed by atoms with van der Waals surface area (Å²) in [5.74, 6) is 1.12. The lowest BCUT2D eigenvalue weighted by Crippen LogP contribution is -2.55. The Morgan fingerprint density at radius 2 is 1.69 bits per heavy atom. The van der Waals surface area contributed by atoms with E-state index in [4.69, 9.17) is 28.8 Å². The summed E-state index contributed by atoms with van der Waals surface area (Å²) in [5, 5.41) is 0.737. The number of likely N-dealkylation sites (N-methyl/N-ethyl adjacent to an activating group) is 1. The van der Waals surface area contributed by atoms with Gasteiger partial charge in [-0.3, -0.25) is 14.8 Å². The molecule has 1 atom stereocenters. The lowest BCUT2D eigenvalue weighted by Gasteiger charge is -2.41. The molecule has 1 unspecified atom stereocenters. The van der Waals surface area contributed by atoms with Crippen LogP contribution in [0.4, 0.5) is 5.69 Å². The van der Waals surface area contributed by atoms with Crippen LogP contribution in [0.5, 0.6) is 0 Å². The zero-order valence-corrected chi connectivity index (χ0v) is 19.5. The predicted molar refractivity (Wildman–Crippen MR) is 127 cm³/mol. The van der Waals surface area contributed by atoms with Crippen LogP contribution in [0.15, 0.2) is 29.3 Å². The highest BCUT2D eigenvalue weighted by molar-refractivity contribution is 7.80. The number of amidine groups is 1. The molecule has 29 heavy (non-hydrogen) atoms. The molecule has 0 spiro atoms. The molecule has 0 aromatic heterocycles. The van der Waals surface area contributed by atoms with Crippen molar-refractivity contribution >= 4 is 40.3 Å². The van der Waals surface area contributed by atoms with Gasteiger partial charge < -0.3 is 4.90 Å². The van der Waals surface area contributed by atoms with Crippen LogP contribution in [0.3, 0.4) is 0 Å². The van der Waals surface area contributed by atoms with Crippen LogP contribution in [-0.2, 0) is 0 Å². The van der Waals surface area contributed by atoms with Gasteiger partial charge in [0.1, 0.15) is 5.84 Å². The maximum absolute atomic E-state index is 6.65. The molecule has 1 aromatic rings. The van der Waals surface area contributed by atoms with Gasteiger partial charge in [-0.25, -0.2) is 0 Å². The molecule has 2 heterocycles. The van der Waals surface area contributed by atoms with Gasteiger partial charge in [-0.15, -0.1) is 0 Å². The first-order chi connectivity index (χ1) is 13.9. The Hall–Kier alpha value is -1.01. The van der Waals surface area contributed by atoms with E-state index in [1.54, 1.807) is 0 Å². The third-order valence-corrected chi connectivity index (χ3v) is 7.83. The zero-order valence-electron chi connectivity index (χ0n) is 17.9. The van der Waals surface area contributed by atoms with Crippen molar-refractivity contribution in [1.82, 2.24) is 9.80 Å². The molecule has 2 aliphatic heterocycles. The van der Waals surface area contributed by atoms with E-state index >= 15 is 0 Å². The minimum absolute atomic E-state index is 0.169. The Labute approximate surface area is 185 Å². The van der Waals surface area contributed by atoms with Crippen LogP contribution in [0.2, 0.25) is 5.02 Å². The predicted octanol–water partition coefficient (Wildman–Crippen LogP) is 4.86. The van der Waals surface area contributed by atoms with Crippen molar-refractivity contribution in [2.45, 2.75) is 58.0 Å². The van der Waals surface area contributed by atoms with Crippen molar-refractivity contribution in [3.8, 4) is 0 Å². The molecule has 3 aliphatic rings. The first kappa shape index (κ1) is 21.2. The molecular weight excluding hydrogens is 400 g/mol. The lowest BCUT2D eigenvalue weighted by atomic mass is 9.85. The molecule has 0 amide bonds. The number of hydrogen-bond donors (Lipinski definition) is 0. The van der Waals surface area contributed by atoms with Crippen LogP contribution in [0.25, 0.3) is 0 Å². The van der Waals surface area contributed by atoms with Gasteiger partial charge in [0.2, 0.25) is 0 Å². The van der Waals surface area contributed by atoms with Crippen molar-refractivity contribution < 1.29 is 0 Å². The Morgan fingerprint density at radius 1 is 1.03 bits per heavy atom. The summed E-state index contributed by atoms with van der Waals surface area (Å²) >= 11 is 12.7. The summed E-state index contributed by atoms with van der Waals surface area (Å²) in [6, 6.07) is 8.64. The smallest absolute Gasteiger partial charge is 0.127 e. The number of benzene rings is 1. The van der Waals surface area contributed by atoms with E-state index in [1.807, 2.05) is 18.2 Å². The first-order valence-electron chi connectivity index (χ1n) is 11.0. The highest BCUT2D eigenvalue weighted by Crippen LogP contribution is 2.43. The summed E-state index contributed by atoms with van der Waals surface area (Å²) < 4.78 is 0. The fraction of sp³-hybridized carbons (Fsp3) is 0.652. The average Bonchev–Trinajstić information content (AvgIpc) is 2.90. The third-order valence-electron chi connectivity index (χ3n) is 6.80. The monoisotopic (exact) mass is 432 g/mol. The number of piperazine rings is 1. The van der Waals surface area contributed by atoms with Gasteiger partial charge in [0.15, 0.2) is 0 Å². The Morgan fingerprint density at radius 3 is 2.34 bits per heavy atom. The van der Waals surface area contributed by atoms with E-state index in [1.165, 1.54) is 32.1 Å². The fourth-order valence-corrected chi connectivity index (χ4v) is 5.57. The van der Waals surface area contributed by atoms with Gasteiger partial charge >= 0.3 is 0 Å². The number of halogens is 1. The van der Waals surface area contributed by atoms with Crippen molar-refractivity contribution in [3.63, 3.8) is 0 Å². The number of anilines is 1. The zero-order chi connectivity index (χ0) is 20.6. The van der Waals surface area contributed by atoms with Gasteiger partial charge in [-0.05, 0) is 32.0 Å². The van der Waals surface area contributed by atoms with Gasteiger partial charge in [0, 0.05) is 31.6 Å². The molecule has 4 nitrogen and oxygen atoms in total. The summed E-state index contributed by atoms with van der Waals surface area (Å²) in [6.07, 6.45) is 6.26. The second kappa shape index (κ2) is 8.62. The molecular formula is C23H33ClN4S. The highest BCUT2D eigenvalue weighted by atomic mass is 35.5. The highest BCUT2D eigenvalue weighted by Gasteiger charge is 2.52. The Balaban J connectivity index is 1.78. The van der Waals surface area contributed by atoms with Crippen molar-refractivity contribution in [2.75, 3.05) is 38.1 Å². The molecule has 0 N–H and O–H groups in total. The summed E-state index contributed by atoms with van der Waals surface area (Å²) in [7, 11) is 2.20. The number of rotatable bonds is 3. The van der Waals surface area contributed by atoms with Crippen LogP contribution in [0.1, 0.15) is 46.0 Å². The molecule has 2 saturated heterocycles. The summed E-state index contributed by atoms with van der Waals surface area (Å²) in [5.41, 5.74) is 0.802. The van der Waals surface area contributed by atoms with Crippen molar-refractivity contribution in [2.24, 2.45) is 10.4 Å². The van der Waals surface area contributed by atoms with Crippen LogP contribution < -0.4 is 4.90 Å². The number of para-hydroxylation sites is 1. The van der Waals surface area contributed by atoms with Crippen LogP contribution >= 0.6 is 23.8 Å². The molecule has 158 valence electrons. The number of hydrogen-bond acceptors (Lipinski definition) is 4. The lowest BCUT2D eigenvalue weighted by molar-refractivity contribution is 0.108. The molecule has 3 fully saturated rings. The SMILES string of the molecule is CN1CCN(C2C(=NC3CCCCC3)N(c3ccccc3Cl)C(=S)C2(C)C)CC1. The van der Waals surface area contributed by atoms with E-state index in [-0.39, 0.29) is 11.5 Å². The van der Waals surface area contributed by atoms with Crippen molar-refractivity contribution in [3.05, 3.63) is 29.3 Å². The van der Waals surface area contributed by atoms with E-state index < -0.39 is 0 Å². The van der Waals surface area contributed by atoms with E-state index in [9.17, 15) is 0 Å². The van der Waals surface area contributed by atoms with Crippen molar-refractivity contribution in [1.29, 1.82) is 0 Å². The minimum Gasteiger partial charge on any atom is -0.304 e. The molecule has 1 saturated carbocycles. The molecule has 4 rings (SSSR count). The van der Waals surface area contributed by atoms with E-state index in [0.717, 1.165) is 47.7 Å². The number of aliphatic imine (C=N–C) groups is 1. The number of nitrogens with zero attached hydrogens (tertiary/aromatic N) is 4. The van der Waals surface area contributed by atoms with E-state index in [0.29, 0.717) is 6.04 Å². The van der Waals surface area contributed by atoms with Gasteiger partial charge in [0.05, 0.1) is 27.8 Å². The average molecular weight is 433 g/mol. The van der Waals surface area contributed by atoms with Gasteiger partial charge in [-0.2, -0.15) is 0 Å². The quantitative estimate of drug-likeness (QED) is 0.636. The van der Waals surface area contributed by atoms with Gasteiger partial charge in [0.25, 0.3) is 0 Å². The largest absolute Gasteiger partial charge is 0.304 e. The standard InChI is InChI=1S/C23H33ClN4S/c1-23(2)20(27-15-13-26(3)14-16-27)21(25-17-9-5-4-6-10-17)28(22(23)29)19-12-8-7-11-18(19)24/h7-8,11-12,17,20H,4-6,9-10,13-16H2,1-3H3. The Bertz CT molecular complexity index is 779. The number of thiocarbonyl (C=S) groups is 1. The van der Waals surface area contributed by atoms with Crippen LogP contribution in [-0.4, -0.2) is 65.9 Å². The summed E-state index contributed by atoms with van der Waals surface area (Å²) in [6.45, 7) is 8.84. The van der Waals surface area contributed by atoms with Crippen LogP contribution in [0, 0.1) is 5.41 Å². The molecule has 0 bridgehead atoms. The maximum Gasteiger partial charge on any atom is 0.127 e. The second-order valence-corrected chi connectivity index (χ2v) is 10.1. The molecule has 0 radical (unpaired) electrons. The second-order valence-electron chi connectivity index (χ2n) is 9.33. The normalized spacial score (nSPS) is 28.4. The molecule has 1 aliphatic carbocycles. The fourth-order valence-electron chi connectivity index (χ4n) is 5.05. The maximum atomic E-state index is 6.65. The topological polar surface area (TPSA) is 22.1 Å². The third kappa shape index (κ3) is 4.12. The van der Waals surface area contributed by atoms with E-state index in [2.05, 4.69) is 41.7 Å². The minimum atomic E-state index is -0.169. The molecule has 1 aromatic carbocycles. The first-order valence-corrected chi connectivity index (χ1v) is 11.8. The van der Waals surface area contributed by atoms with Gasteiger partial charge in [-0.1, -0.05) is 69.1 Å². The summed E-state index contributed by atoms with van der Waals surface area (Å²) in [4.78, 5) is 13.5. The Kier molecular flexibility index (Phi) is 6.31.